The minimum absolute atomic E-state index is 0.0266. The van der Waals surface area contributed by atoms with Crippen LogP contribution in [0.3, 0.4) is 0 Å². The highest BCUT2D eigenvalue weighted by Crippen LogP contribution is 2.40. The van der Waals surface area contributed by atoms with Gasteiger partial charge in [0, 0.05) is 31.0 Å². The SMILES string of the molecule is C[C@@H]1[C@H](CC(=O)c2ccc(C3CC3)cc2F)CCCN1c1cnc(C(N)=O)c(Nc2ccc(S(C)(=O)=O)cc2)n1. The van der Waals surface area contributed by atoms with Crippen LogP contribution in [-0.4, -0.2) is 48.9 Å². The monoisotopic (exact) mass is 565 g/mol. The zero-order valence-corrected chi connectivity index (χ0v) is 23.2. The number of nitrogens with zero attached hydrogens (tertiary/aromatic N) is 3. The van der Waals surface area contributed by atoms with Crippen LogP contribution >= 0.6 is 0 Å². The van der Waals surface area contributed by atoms with E-state index < -0.39 is 21.6 Å². The molecule has 1 saturated carbocycles. The summed E-state index contributed by atoms with van der Waals surface area (Å²) in [6.45, 7) is 2.67. The minimum atomic E-state index is -3.36. The first-order valence-corrected chi connectivity index (χ1v) is 15.2. The van der Waals surface area contributed by atoms with Crippen LogP contribution in [0.25, 0.3) is 0 Å². The first-order chi connectivity index (χ1) is 19.0. The number of halogens is 1. The lowest BCUT2D eigenvalue weighted by Crippen LogP contribution is -2.44. The highest BCUT2D eigenvalue weighted by Gasteiger charge is 2.32. The van der Waals surface area contributed by atoms with Crippen LogP contribution in [0.15, 0.2) is 53.6 Å². The van der Waals surface area contributed by atoms with Crippen molar-refractivity contribution in [2.24, 2.45) is 11.7 Å². The van der Waals surface area contributed by atoms with E-state index in [0.717, 1.165) is 37.5 Å². The van der Waals surface area contributed by atoms with E-state index in [9.17, 15) is 22.4 Å². The molecule has 1 saturated heterocycles. The molecule has 40 heavy (non-hydrogen) atoms. The Bertz CT molecular complexity index is 1560. The van der Waals surface area contributed by atoms with Crippen LogP contribution in [0.2, 0.25) is 0 Å². The fourth-order valence-electron chi connectivity index (χ4n) is 5.30. The van der Waals surface area contributed by atoms with E-state index in [0.29, 0.717) is 24.0 Å². The fraction of sp³-hybridized carbons (Fsp3) is 0.379. The van der Waals surface area contributed by atoms with Crippen molar-refractivity contribution >= 4 is 38.9 Å². The third-order valence-electron chi connectivity index (χ3n) is 7.77. The van der Waals surface area contributed by atoms with E-state index >= 15 is 0 Å². The number of rotatable bonds is 9. The molecule has 3 aromatic rings. The summed E-state index contributed by atoms with van der Waals surface area (Å²) in [5.74, 6) is -0.402. The summed E-state index contributed by atoms with van der Waals surface area (Å²) in [4.78, 5) is 36.3. The zero-order valence-electron chi connectivity index (χ0n) is 22.4. The number of Topliss-reactive ketones (excluding diaryl/α,β-unsaturated/α-hetero) is 1. The van der Waals surface area contributed by atoms with Crippen molar-refractivity contribution < 1.29 is 22.4 Å². The number of carbonyl (C=O) groups is 2. The number of carbonyl (C=O) groups excluding carboxylic acids is 2. The molecule has 1 amide bonds. The van der Waals surface area contributed by atoms with Gasteiger partial charge in [-0.1, -0.05) is 6.07 Å². The van der Waals surface area contributed by atoms with Gasteiger partial charge in [0.15, 0.2) is 27.1 Å². The Morgan fingerprint density at radius 3 is 2.48 bits per heavy atom. The molecule has 1 aromatic heterocycles. The van der Waals surface area contributed by atoms with Gasteiger partial charge < -0.3 is 16.0 Å². The molecule has 5 rings (SSSR count). The number of amides is 1. The maximum Gasteiger partial charge on any atom is 0.271 e. The lowest BCUT2D eigenvalue weighted by Gasteiger charge is -2.40. The predicted molar refractivity (Wildman–Crippen MR) is 150 cm³/mol. The third kappa shape index (κ3) is 5.99. The molecular weight excluding hydrogens is 533 g/mol. The number of hydrogen-bond donors (Lipinski definition) is 2. The number of aromatic nitrogens is 2. The maximum atomic E-state index is 14.8. The lowest BCUT2D eigenvalue weighted by molar-refractivity contribution is 0.0940. The van der Waals surface area contributed by atoms with Gasteiger partial charge in [0.1, 0.15) is 11.6 Å². The number of sulfone groups is 1. The number of hydrogen-bond acceptors (Lipinski definition) is 8. The van der Waals surface area contributed by atoms with Crippen LogP contribution in [-0.2, 0) is 9.84 Å². The van der Waals surface area contributed by atoms with Crippen LogP contribution in [0.4, 0.5) is 21.7 Å². The van der Waals surface area contributed by atoms with Crippen molar-refractivity contribution in [2.45, 2.75) is 55.9 Å². The Kier molecular flexibility index (Phi) is 7.59. The van der Waals surface area contributed by atoms with Crippen molar-refractivity contribution in [3.05, 3.63) is 71.3 Å². The van der Waals surface area contributed by atoms with E-state index in [1.54, 1.807) is 18.2 Å². The zero-order chi connectivity index (χ0) is 28.6. The molecule has 1 aliphatic carbocycles. The first-order valence-electron chi connectivity index (χ1n) is 13.3. The lowest BCUT2D eigenvalue weighted by atomic mass is 9.84. The largest absolute Gasteiger partial charge is 0.364 e. The smallest absolute Gasteiger partial charge is 0.271 e. The quantitative estimate of drug-likeness (QED) is 0.359. The molecule has 11 heteroatoms. The average molecular weight is 566 g/mol. The number of nitrogens with two attached hydrogens (primary N) is 1. The van der Waals surface area contributed by atoms with Crippen molar-refractivity contribution in [3.63, 3.8) is 0 Å². The summed E-state index contributed by atoms with van der Waals surface area (Å²) in [7, 11) is -3.36. The Hall–Kier alpha value is -3.86. The van der Waals surface area contributed by atoms with E-state index in [4.69, 9.17) is 5.73 Å². The van der Waals surface area contributed by atoms with Crippen LogP contribution in [0, 0.1) is 11.7 Å². The van der Waals surface area contributed by atoms with Crippen molar-refractivity contribution in [1.29, 1.82) is 0 Å². The predicted octanol–water partition coefficient (Wildman–Crippen LogP) is 4.62. The molecule has 2 atom stereocenters. The first kappa shape index (κ1) is 27.7. The summed E-state index contributed by atoms with van der Waals surface area (Å²) in [6, 6.07) is 10.9. The fourth-order valence-corrected chi connectivity index (χ4v) is 5.93. The second-order valence-corrected chi connectivity index (χ2v) is 12.7. The van der Waals surface area contributed by atoms with E-state index in [-0.39, 0.29) is 46.1 Å². The van der Waals surface area contributed by atoms with Crippen molar-refractivity contribution in [1.82, 2.24) is 9.97 Å². The molecule has 2 aliphatic rings. The van der Waals surface area contributed by atoms with Gasteiger partial charge in [-0.3, -0.25) is 9.59 Å². The number of benzene rings is 2. The standard InChI is InChI=1S/C29H32FN5O4S/c1-17-19(15-25(36)23-12-7-20(14-24(23)30)18-5-6-18)4-3-13-35(17)26-16-32-27(28(31)37)29(34-26)33-21-8-10-22(11-9-21)40(2,38)39/h7-12,14,16-19H,3-6,13,15H2,1-2H3,(H2,31,37)(H,33,34)/t17-,19+/m1/s1. The number of ketones is 1. The van der Waals surface area contributed by atoms with E-state index in [2.05, 4.69) is 15.3 Å². The second-order valence-electron chi connectivity index (χ2n) is 10.7. The van der Waals surface area contributed by atoms with Crippen LogP contribution < -0.4 is 16.0 Å². The molecule has 0 bridgehead atoms. The Balaban J connectivity index is 1.34. The summed E-state index contributed by atoms with van der Waals surface area (Å²) in [5, 5.41) is 3.02. The van der Waals surface area contributed by atoms with Gasteiger partial charge in [0.25, 0.3) is 5.91 Å². The molecule has 0 unspecified atom stereocenters. The number of piperidine rings is 1. The molecule has 1 aliphatic heterocycles. The Labute approximate surface area is 232 Å². The van der Waals surface area contributed by atoms with Gasteiger partial charge in [-0.25, -0.2) is 22.8 Å². The summed E-state index contributed by atoms with van der Waals surface area (Å²) < 4.78 is 38.3. The highest BCUT2D eigenvalue weighted by molar-refractivity contribution is 7.90. The molecule has 9 nitrogen and oxygen atoms in total. The molecule has 0 spiro atoms. The molecule has 0 radical (unpaired) electrons. The molecule has 2 fully saturated rings. The Morgan fingerprint density at radius 2 is 1.85 bits per heavy atom. The summed E-state index contributed by atoms with van der Waals surface area (Å²) in [6.07, 6.45) is 6.57. The van der Waals surface area contributed by atoms with Crippen molar-refractivity contribution in [3.8, 4) is 0 Å². The Morgan fingerprint density at radius 1 is 1.12 bits per heavy atom. The molecule has 210 valence electrons. The van der Waals surface area contributed by atoms with Gasteiger partial charge >= 0.3 is 0 Å². The van der Waals surface area contributed by atoms with E-state index in [1.807, 2.05) is 17.9 Å². The molecule has 3 N–H and O–H groups in total. The summed E-state index contributed by atoms with van der Waals surface area (Å²) in [5.41, 5.74) is 7.07. The van der Waals surface area contributed by atoms with Gasteiger partial charge in [-0.15, -0.1) is 0 Å². The topological polar surface area (TPSA) is 135 Å². The average Bonchev–Trinajstić information content (AvgIpc) is 3.75. The minimum Gasteiger partial charge on any atom is -0.364 e. The van der Waals surface area contributed by atoms with Gasteiger partial charge in [-0.05, 0) is 86.4 Å². The maximum absolute atomic E-state index is 14.8. The molecule has 2 aromatic carbocycles. The van der Waals surface area contributed by atoms with Gasteiger partial charge in [-0.2, -0.15) is 0 Å². The van der Waals surface area contributed by atoms with Crippen LogP contribution in [0.1, 0.15) is 71.4 Å². The highest BCUT2D eigenvalue weighted by atomic mass is 32.2. The second kappa shape index (κ2) is 11.0. The summed E-state index contributed by atoms with van der Waals surface area (Å²) >= 11 is 0. The van der Waals surface area contributed by atoms with Crippen LogP contribution in [0.5, 0.6) is 0 Å². The third-order valence-corrected chi connectivity index (χ3v) is 8.90. The number of nitrogens with one attached hydrogen (secondary N) is 1. The van der Waals surface area contributed by atoms with Gasteiger partial charge in [0.2, 0.25) is 0 Å². The van der Waals surface area contributed by atoms with Crippen molar-refractivity contribution in [2.75, 3.05) is 23.0 Å². The molecular formula is C29H32FN5O4S. The molecule has 2 heterocycles. The number of anilines is 3. The van der Waals surface area contributed by atoms with Gasteiger partial charge in [0.05, 0.1) is 16.7 Å². The normalized spacial score (nSPS) is 19.3. The van der Waals surface area contributed by atoms with E-state index in [1.165, 1.54) is 24.4 Å². The number of primary amides is 1.